The molecule has 5 heterocycles. The number of carboxylic acid groups (broad SMARTS) is 1. The number of nitrogens with zero attached hydrogens (tertiary/aromatic N) is 8. The van der Waals surface area contributed by atoms with E-state index in [0.29, 0.717) is 85.5 Å². The first-order valence-corrected chi connectivity index (χ1v) is 33.1. The molecule has 2 aliphatic heterocycles. The third kappa shape index (κ3) is 20.0. The monoisotopic (exact) mass is 1410 g/mol. The van der Waals surface area contributed by atoms with Crippen LogP contribution in [0.2, 0.25) is 5.02 Å². The Balaban J connectivity index is 0.798. The molecule has 3 atom stereocenters. The molecule has 7 amide bonds. The first-order valence-electron chi connectivity index (χ1n) is 31.9. The number of benzene rings is 4. The van der Waals surface area contributed by atoms with Crippen LogP contribution in [0.25, 0.3) is 31.8 Å². The Morgan fingerprint density at radius 2 is 1.60 bits per heavy atom. The van der Waals surface area contributed by atoms with Crippen molar-refractivity contribution in [2.45, 2.75) is 90.5 Å². The average Bonchev–Trinajstić information content (AvgIpc) is 1.62. The molecule has 0 bridgehead atoms. The van der Waals surface area contributed by atoms with Crippen molar-refractivity contribution in [3.05, 3.63) is 149 Å². The van der Waals surface area contributed by atoms with Gasteiger partial charge in [0.1, 0.15) is 73.0 Å². The number of aliphatic carboxylic acids is 1. The normalized spacial score (nSPS) is 14.8. The van der Waals surface area contributed by atoms with Crippen molar-refractivity contribution in [3.8, 4) is 38.9 Å². The predicted molar refractivity (Wildman–Crippen MR) is 359 cm³/mol. The highest BCUT2D eigenvalue weighted by atomic mass is 35.5. The van der Waals surface area contributed by atoms with E-state index in [-0.39, 0.29) is 75.4 Å². The number of alkyl halides is 3. The SMILES string of the molecule is C=NC(=O)NCCC[C@H](NC(=O)C(NC(=O)CCOCCN1C(=O)C=CC1=O)C(C)C)C(=O)Nc1ccc(C[N+]2(C)CCN(CCOc3ccc(-c4c(-c5ccc(F)cc5)sc5ncnc(O[C@H](Cc6ccccc6OCc6ccnn6CC(F)(F)F)C(=O)[O-])c45)c(C)c3Cl)CC2)cc1. The largest absolute Gasteiger partial charge is 0.546 e. The second-order valence-electron chi connectivity index (χ2n) is 24.4. The topological polar surface area (TPSA) is 290 Å². The molecule has 4 N–H and O–H groups in total. The van der Waals surface area contributed by atoms with Crippen LogP contribution in [0.1, 0.15) is 55.5 Å². The maximum atomic E-state index is 14.4. The molecule has 3 aromatic heterocycles. The fourth-order valence-corrected chi connectivity index (χ4v) is 12.7. The number of thiophene rings is 1. The van der Waals surface area contributed by atoms with Gasteiger partial charge in [-0.2, -0.15) is 18.3 Å². The molecule has 99 heavy (non-hydrogen) atoms. The number of anilines is 1. The number of carbonyl (C=O) groups is 7. The van der Waals surface area contributed by atoms with E-state index in [0.717, 1.165) is 45.8 Å². The van der Waals surface area contributed by atoms with Crippen molar-refractivity contribution >= 4 is 87.1 Å². The molecule has 0 radical (unpaired) electrons. The second kappa shape index (κ2) is 33.7. The number of hydrogen-bond donors (Lipinski definition) is 4. The first kappa shape index (κ1) is 73.6. The Hall–Kier alpha value is -9.68. The first-order chi connectivity index (χ1) is 47.3. The standard InChI is InChI=1S/C69H75ClF4N12O12S/c1-42(2)61(82-55(87)25-34-95-35-31-84-56(88)22-23-57(84)89)64(91)81-51(10-8-26-76-68(94)75-4)63(90)80-48-18-12-44(13-19-48)38-86(5)32-28-83(29-33-86)30-36-96-53-21-20-50(43(3)60(53)70)58-59-65(77-41-78-66(59)99-62(58)45-14-16-47(71)17-15-45)98-54(67(92)93)37-46-9-6-7-11-52(46)97-39-49-24-27-79-85(49)40-69(72,73)74/h6-7,9,11-24,27,41-42,51,54,61H,4,8,10,25-26,28-40H2,1-3,5H3,(H4-,76,80,81,82,87,90,91,92,93,94)/t51-,54+,61?/m0/s1. The summed E-state index contributed by atoms with van der Waals surface area (Å²) in [6.07, 6.45) is -1.38. The van der Waals surface area contributed by atoms with E-state index in [2.05, 4.69) is 60.0 Å². The lowest BCUT2D eigenvalue weighted by Gasteiger charge is -2.42. The number of quaternary nitrogens is 1. The summed E-state index contributed by atoms with van der Waals surface area (Å²) >= 11 is 8.43. The quantitative estimate of drug-likeness (QED) is 0.0101. The molecule has 1 fully saturated rings. The van der Waals surface area contributed by atoms with Crippen LogP contribution in [0.15, 0.2) is 121 Å². The highest BCUT2D eigenvalue weighted by Gasteiger charge is 2.34. The van der Waals surface area contributed by atoms with E-state index in [4.69, 9.17) is 30.5 Å². The number of para-hydroxylation sites is 1. The van der Waals surface area contributed by atoms with Crippen LogP contribution in [0.4, 0.5) is 28.0 Å². The summed E-state index contributed by atoms with van der Waals surface area (Å²) in [7, 11) is 2.19. The Morgan fingerprint density at radius 1 is 0.869 bits per heavy atom. The number of fused-ring (bicyclic) bond motifs is 1. The molecule has 0 saturated carbocycles. The molecule has 2 aliphatic rings. The second-order valence-corrected chi connectivity index (χ2v) is 25.7. The van der Waals surface area contributed by atoms with Crippen molar-refractivity contribution in [3.63, 3.8) is 0 Å². The fraction of sp³-hybridized carbons (Fsp3) is 0.377. The highest BCUT2D eigenvalue weighted by Crippen LogP contribution is 2.49. The van der Waals surface area contributed by atoms with Gasteiger partial charge in [-0.15, -0.1) is 11.3 Å². The van der Waals surface area contributed by atoms with Crippen LogP contribution >= 0.6 is 22.9 Å². The number of carbonyl (C=O) groups excluding carboxylic acids is 7. The molecular weight excluding hydrogens is 1330 g/mol. The number of carboxylic acids is 1. The number of nitrogens with one attached hydrogen (secondary N) is 4. The molecule has 1 unspecified atom stereocenters. The summed E-state index contributed by atoms with van der Waals surface area (Å²) < 4.78 is 79.7. The minimum atomic E-state index is -4.53. The molecule has 30 heteroatoms. The average molecular weight is 1410 g/mol. The number of urea groups is 1. The molecule has 4 aromatic carbocycles. The summed E-state index contributed by atoms with van der Waals surface area (Å²) in [5, 5.41) is 28.4. The van der Waals surface area contributed by atoms with Gasteiger partial charge in [0.25, 0.3) is 11.8 Å². The van der Waals surface area contributed by atoms with Gasteiger partial charge >= 0.3 is 12.2 Å². The van der Waals surface area contributed by atoms with E-state index < -0.39 is 78.3 Å². The predicted octanol–water partition coefficient (Wildman–Crippen LogP) is 7.63. The zero-order chi connectivity index (χ0) is 71.0. The molecular formula is C69H75ClF4N12O12S. The number of rotatable bonds is 33. The summed E-state index contributed by atoms with van der Waals surface area (Å²) in [6, 6.07) is 22.0. The summed E-state index contributed by atoms with van der Waals surface area (Å²) in [6.45, 7) is 11.9. The zero-order valence-electron chi connectivity index (χ0n) is 54.8. The number of likely N-dealkylation sites (N-methyl/N-ethyl adjacent to an activating group) is 1. The minimum absolute atomic E-state index is 0.0216. The smallest absolute Gasteiger partial charge is 0.408 e. The van der Waals surface area contributed by atoms with E-state index >= 15 is 0 Å². The minimum Gasteiger partial charge on any atom is -0.546 e. The number of aromatic nitrogens is 4. The van der Waals surface area contributed by atoms with Crippen molar-refractivity contribution in [2.75, 3.05) is 78.0 Å². The van der Waals surface area contributed by atoms with Gasteiger partial charge in [-0.3, -0.25) is 38.5 Å². The fourth-order valence-electron chi connectivity index (χ4n) is 11.3. The number of piperazine rings is 1. The van der Waals surface area contributed by atoms with E-state index in [9.17, 15) is 56.2 Å². The number of ether oxygens (including phenoxy) is 4. The molecule has 0 aliphatic carbocycles. The number of halogens is 5. The maximum absolute atomic E-state index is 14.4. The molecule has 0 spiro atoms. The van der Waals surface area contributed by atoms with Crippen molar-refractivity contribution < 1.29 is 79.7 Å². The third-order valence-electron chi connectivity index (χ3n) is 16.8. The van der Waals surface area contributed by atoms with Gasteiger partial charge in [0.05, 0.1) is 62.0 Å². The number of imide groups is 1. The Labute approximate surface area is 576 Å². The van der Waals surface area contributed by atoms with Gasteiger partial charge in [-0.1, -0.05) is 74.0 Å². The lowest BCUT2D eigenvalue weighted by atomic mass is 9.96. The van der Waals surface area contributed by atoms with Gasteiger partial charge < -0.3 is 54.6 Å². The summed E-state index contributed by atoms with van der Waals surface area (Å²) in [5.41, 5.74) is 4.39. The van der Waals surface area contributed by atoms with Gasteiger partial charge in [0.2, 0.25) is 23.6 Å². The summed E-state index contributed by atoms with van der Waals surface area (Å²) in [4.78, 5) is 106. The van der Waals surface area contributed by atoms with E-state index in [1.807, 2.05) is 25.1 Å². The van der Waals surface area contributed by atoms with Crippen LogP contribution < -0.4 is 40.6 Å². The van der Waals surface area contributed by atoms with Gasteiger partial charge in [-0.05, 0) is 97.1 Å². The lowest BCUT2D eigenvalue weighted by Crippen LogP contribution is -2.57. The number of amides is 7. The van der Waals surface area contributed by atoms with Crippen LogP contribution in [0, 0.1) is 18.7 Å². The van der Waals surface area contributed by atoms with E-state index in [1.165, 1.54) is 54.2 Å². The summed E-state index contributed by atoms with van der Waals surface area (Å²) in [5.74, 6) is -4.38. The third-order valence-corrected chi connectivity index (χ3v) is 18.4. The van der Waals surface area contributed by atoms with Crippen LogP contribution in [-0.2, 0) is 59.6 Å². The Morgan fingerprint density at radius 3 is 2.29 bits per heavy atom. The van der Waals surface area contributed by atoms with Crippen LogP contribution in [0.3, 0.4) is 0 Å². The maximum Gasteiger partial charge on any atom is 0.408 e. The zero-order valence-corrected chi connectivity index (χ0v) is 56.4. The highest BCUT2D eigenvalue weighted by molar-refractivity contribution is 7.22. The molecule has 1 saturated heterocycles. The van der Waals surface area contributed by atoms with Crippen LogP contribution in [-0.4, -0.2) is 179 Å². The van der Waals surface area contributed by atoms with Crippen molar-refractivity contribution in [2.24, 2.45) is 10.9 Å². The van der Waals surface area contributed by atoms with Crippen LogP contribution in [0.5, 0.6) is 17.4 Å². The van der Waals surface area contributed by atoms with Gasteiger partial charge in [-0.25, -0.2) is 24.1 Å². The number of aliphatic imine (C=N–C) groups is 1. The lowest BCUT2D eigenvalue weighted by molar-refractivity contribution is -0.926. The van der Waals surface area contributed by atoms with Gasteiger partial charge in [0, 0.05) is 79.1 Å². The van der Waals surface area contributed by atoms with E-state index in [1.54, 1.807) is 68.4 Å². The van der Waals surface area contributed by atoms with Crippen molar-refractivity contribution in [1.82, 2.24) is 45.5 Å². The van der Waals surface area contributed by atoms with Crippen molar-refractivity contribution in [1.29, 1.82) is 0 Å². The molecule has 524 valence electrons. The number of hydrogen-bond acceptors (Lipinski definition) is 17. The Bertz CT molecular complexity index is 4070. The van der Waals surface area contributed by atoms with Gasteiger partial charge in [0.15, 0.2) is 0 Å². The Kier molecular flexibility index (Phi) is 25.1. The molecule has 24 nitrogen and oxygen atoms in total. The molecule has 7 aromatic rings. The molecule has 9 rings (SSSR count).